The molecule has 0 saturated heterocycles. The van der Waals surface area contributed by atoms with Crippen LogP contribution in [0.2, 0.25) is 0 Å². The first kappa shape index (κ1) is 28.8. The number of para-hydroxylation sites is 4. The van der Waals surface area contributed by atoms with Gasteiger partial charge >= 0.3 is 0 Å². The average Bonchev–Trinajstić information content (AvgIpc) is 3.70. The molecule has 9 aromatic rings. The molecule has 5 heteroatoms. The summed E-state index contributed by atoms with van der Waals surface area (Å²) in [6, 6.07) is 57.8. The predicted molar refractivity (Wildman–Crippen MR) is 200 cm³/mol. The van der Waals surface area contributed by atoms with Gasteiger partial charge in [-0.2, -0.15) is 15.8 Å². The molecule has 0 aliphatic heterocycles. The van der Waals surface area contributed by atoms with Crippen LogP contribution in [0, 0.1) is 34.0 Å². The monoisotopic (exact) mass is 635 g/mol. The molecule has 0 N–H and O–H groups in total. The molecule has 0 bridgehead atoms. The van der Waals surface area contributed by atoms with E-state index >= 15 is 0 Å². The summed E-state index contributed by atoms with van der Waals surface area (Å²) in [5.41, 5.74) is 11.1. The highest BCUT2D eigenvalue weighted by atomic mass is 15.0. The zero-order valence-electron chi connectivity index (χ0n) is 26.7. The van der Waals surface area contributed by atoms with Gasteiger partial charge in [0, 0.05) is 38.4 Å². The number of benzene rings is 7. The first-order valence-electron chi connectivity index (χ1n) is 16.3. The van der Waals surface area contributed by atoms with Gasteiger partial charge in [-0.05, 0) is 71.8 Å². The van der Waals surface area contributed by atoms with Crippen molar-refractivity contribution in [2.45, 2.75) is 0 Å². The summed E-state index contributed by atoms with van der Waals surface area (Å²) in [5.74, 6) is 0. The molecule has 0 unspecified atom stereocenters. The third-order valence-electron chi connectivity index (χ3n) is 9.65. The number of nitrogens with zero attached hydrogens (tertiary/aromatic N) is 5. The summed E-state index contributed by atoms with van der Waals surface area (Å²) < 4.78 is 4.40. The van der Waals surface area contributed by atoms with Gasteiger partial charge in [0.25, 0.3) is 0 Å². The Morgan fingerprint density at radius 3 is 1.74 bits per heavy atom. The van der Waals surface area contributed by atoms with Crippen molar-refractivity contribution in [3.63, 3.8) is 0 Å². The second kappa shape index (κ2) is 11.4. The van der Waals surface area contributed by atoms with Crippen molar-refractivity contribution in [3.8, 4) is 51.8 Å². The summed E-state index contributed by atoms with van der Waals surface area (Å²) in [7, 11) is 0. The lowest BCUT2D eigenvalue weighted by atomic mass is 9.90. The molecule has 0 amide bonds. The van der Waals surface area contributed by atoms with E-state index in [1.807, 2.05) is 60.7 Å². The Labute approximate surface area is 287 Å². The van der Waals surface area contributed by atoms with E-state index in [4.69, 9.17) is 0 Å². The summed E-state index contributed by atoms with van der Waals surface area (Å²) >= 11 is 0. The Morgan fingerprint density at radius 2 is 1.02 bits per heavy atom. The van der Waals surface area contributed by atoms with Crippen molar-refractivity contribution in [2.75, 3.05) is 0 Å². The van der Waals surface area contributed by atoms with Crippen LogP contribution in [0.4, 0.5) is 0 Å². The van der Waals surface area contributed by atoms with E-state index in [-0.39, 0.29) is 0 Å². The fraction of sp³-hybridized carbons (Fsp3) is 0. The molecule has 0 aliphatic carbocycles. The van der Waals surface area contributed by atoms with Crippen molar-refractivity contribution in [3.05, 3.63) is 168 Å². The smallest absolute Gasteiger partial charge is 0.101 e. The van der Waals surface area contributed by atoms with Gasteiger partial charge in [0.05, 0.1) is 56.6 Å². The highest BCUT2D eigenvalue weighted by Crippen LogP contribution is 2.42. The third kappa shape index (κ3) is 4.24. The van der Waals surface area contributed by atoms with Crippen LogP contribution in [-0.4, -0.2) is 9.13 Å². The van der Waals surface area contributed by atoms with Crippen LogP contribution in [-0.2, 0) is 0 Å². The summed E-state index contributed by atoms with van der Waals surface area (Å²) in [6.45, 7) is 0. The van der Waals surface area contributed by atoms with Crippen LogP contribution in [0.1, 0.15) is 16.7 Å². The molecular formula is C45H25N5. The minimum atomic E-state index is 0.540. The standard InChI is InChI=1S/C45H25N5/c46-26-29-19-24-43-39(25-29)38-15-8-10-32(28-48)45(38)50(43)42-18-6-3-13-36(42)37-14-7-9-31(27-47)44(37)30-20-22-33(23-21-30)49-40-16-4-1-11-34(40)35-12-2-5-17-41(35)49/h1-25H. The second-order valence-corrected chi connectivity index (χ2v) is 12.3. The molecule has 0 fully saturated rings. The van der Waals surface area contributed by atoms with Crippen LogP contribution in [0.25, 0.3) is 77.2 Å². The largest absolute Gasteiger partial charge is 0.309 e. The number of nitriles is 3. The number of rotatable bonds is 4. The topological polar surface area (TPSA) is 81.2 Å². The maximum atomic E-state index is 10.4. The van der Waals surface area contributed by atoms with Crippen LogP contribution in [0.3, 0.4) is 0 Å². The molecule has 9 rings (SSSR count). The predicted octanol–water partition coefficient (Wildman–Crippen LogP) is 10.8. The van der Waals surface area contributed by atoms with Crippen molar-refractivity contribution in [1.82, 2.24) is 9.13 Å². The van der Waals surface area contributed by atoms with Gasteiger partial charge < -0.3 is 9.13 Å². The van der Waals surface area contributed by atoms with Gasteiger partial charge in [0.2, 0.25) is 0 Å². The molecule has 2 heterocycles. The van der Waals surface area contributed by atoms with Crippen molar-refractivity contribution < 1.29 is 0 Å². The number of hydrogen-bond acceptors (Lipinski definition) is 3. The Kier molecular flexibility index (Phi) is 6.56. The Hall–Kier alpha value is -7.39. The fourth-order valence-corrected chi connectivity index (χ4v) is 7.53. The molecule has 2 aromatic heterocycles. The number of aromatic nitrogens is 2. The highest BCUT2D eigenvalue weighted by molar-refractivity contribution is 6.12. The second-order valence-electron chi connectivity index (χ2n) is 12.3. The quantitative estimate of drug-likeness (QED) is 0.193. The summed E-state index contributed by atoms with van der Waals surface area (Å²) in [5, 5.41) is 34.6. The van der Waals surface area contributed by atoms with Crippen molar-refractivity contribution >= 4 is 43.6 Å². The molecular weight excluding hydrogens is 611 g/mol. The first-order chi connectivity index (χ1) is 24.7. The Balaban J connectivity index is 1.27. The van der Waals surface area contributed by atoms with E-state index in [1.54, 1.807) is 0 Å². The summed E-state index contributed by atoms with van der Waals surface area (Å²) in [6.07, 6.45) is 0. The normalized spacial score (nSPS) is 11.1. The van der Waals surface area contributed by atoms with Gasteiger partial charge in [-0.15, -0.1) is 0 Å². The molecule has 5 nitrogen and oxygen atoms in total. The molecule has 0 saturated carbocycles. The van der Waals surface area contributed by atoms with Gasteiger partial charge in [-0.3, -0.25) is 0 Å². The van der Waals surface area contributed by atoms with Gasteiger partial charge in [0.15, 0.2) is 0 Å². The summed E-state index contributed by atoms with van der Waals surface area (Å²) in [4.78, 5) is 0. The maximum Gasteiger partial charge on any atom is 0.101 e. The van der Waals surface area contributed by atoms with Crippen molar-refractivity contribution in [2.24, 2.45) is 0 Å². The average molecular weight is 636 g/mol. The molecule has 50 heavy (non-hydrogen) atoms. The minimum absolute atomic E-state index is 0.540. The molecule has 0 aliphatic rings. The fourth-order valence-electron chi connectivity index (χ4n) is 7.53. The van der Waals surface area contributed by atoms with E-state index in [1.165, 1.54) is 10.8 Å². The van der Waals surface area contributed by atoms with Crippen LogP contribution >= 0.6 is 0 Å². The minimum Gasteiger partial charge on any atom is -0.309 e. The molecule has 0 spiro atoms. The maximum absolute atomic E-state index is 10.4. The highest BCUT2D eigenvalue weighted by Gasteiger charge is 2.21. The zero-order chi connectivity index (χ0) is 33.8. The Morgan fingerprint density at radius 1 is 0.420 bits per heavy atom. The molecule has 7 aromatic carbocycles. The van der Waals surface area contributed by atoms with Gasteiger partial charge in [0.1, 0.15) is 6.07 Å². The van der Waals surface area contributed by atoms with Crippen molar-refractivity contribution in [1.29, 1.82) is 15.8 Å². The lowest BCUT2D eigenvalue weighted by Crippen LogP contribution is -2.00. The Bertz CT molecular complexity index is 2900. The zero-order valence-corrected chi connectivity index (χ0v) is 26.7. The van der Waals surface area contributed by atoms with Gasteiger partial charge in [-0.25, -0.2) is 0 Å². The van der Waals surface area contributed by atoms with E-state index in [0.29, 0.717) is 16.7 Å². The molecule has 0 atom stereocenters. The lowest BCUT2D eigenvalue weighted by molar-refractivity contribution is 1.18. The van der Waals surface area contributed by atoms with Crippen LogP contribution in [0.5, 0.6) is 0 Å². The van der Waals surface area contributed by atoms with E-state index in [0.717, 1.165) is 66.5 Å². The first-order valence-corrected chi connectivity index (χ1v) is 16.3. The van der Waals surface area contributed by atoms with E-state index < -0.39 is 0 Å². The lowest BCUT2D eigenvalue weighted by Gasteiger charge is -2.18. The van der Waals surface area contributed by atoms with E-state index in [2.05, 4.69) is 118 Å². The SMILES string of the molecule is N#Cc1ccc2c(c1)c1cccc(C#N)c1n2-c1ccccc1-c1cccc(C#N)c1-c1ccc(-n2c3ccccc3c3ccccc32)cc1. The van der Waals surface area contributed by atoms with Crippen LogP contribution < -0.4 is 0 Å². The number of fused-ring (bicyclic) bond motifs is 6. The number of hydrogen-bond donors (Lipinski definition) is 0. The third-order valence-corrected chi connectivity index (χ3v) is 9.65. The van der Waals surface area contributed by atoms with Gasteiger partial charge in [-0.1, -0.05) is 91.0 Å². The van der Waals surface area contributed by atoms with Crippen LogP contribution in [0.15, 0.2) is 152 Å². The molecule has 0 radical (unpaired) electrons. The molecule has 230 valence electrons. The van der Waals surface area contributed by atoms with E-state index in [9.17, 15) is 15.8 Å².